The zero-order valence-corrected chi connectivity index (χ0v) is 17.1. The molecule has 2 rings (SSSR count). The van der Waals surface area contributed by atoms with E-state index >= 15 is 0 Å². The maximum Gasteiger partial charge on any atom is 0.196 e. The topological polar surface area (TPSA) is 121 Å². The molecule has 1 aliphatic rings. The summed E-state index contributed by atoms with van der Waals surface area (Å²) in [6, 6.07) is 8.39. The molecule has 7 nitrogen and oxygen atoms in total. The second-order valence-electron chi connectivity index (χ2n) is 7.63. The Morgan fingerprint density at radius 2 is 1.72 bits per heavy atom. The molecule has 0 amide bonds. The third-order valence-corrected chi connectivity index (χ3v) is 5.88. The molecule has 0 bridgehead atoms. The van der Waals surface area contributed by atoms with E-state index in [-0.39, 0.29) is 11.4 Å². The van der Waals surface area contributed by atoms with Gasteiger partial charge in [0.05, 0.1) is 13.2 Å². The fourth-order valence-corrected chi connectivity index (χ4v) is 3.55. The van der Waals surface area contributed by atoms with Crippen LogP contribution in [0.5, 0.6) is 0 Å². The quantitative estimate of drug-likeness (QED) is 0.460. The van der Waals surface area contributed by atoms with Crippen molar-refractivity contribution in [3.05, 3.63) is 47.5 Å². The van der Waals surface area contributed by atoms with E-state index in [2.05, 4.69) is 0 Å². The lowest BCUT2D eigenvalue weighted by molar-refractivity contribution is -0.248. The fraction of sp³-hybridized carbons (Fsp3) is 0.500. The highest BCUT2D eigenvalue weighted by Crippen LogP contribution is 2.38. The highest BCUT2D eigenvalue weighted by Gasteiger charge is 2.66. The van der Waals surface area contributed by atoms with Gasteiger partial charge in [0, 0.05) is 17.4 Å². The molecule has 7 heteroatoms. The first-order chi connectivity index (χ1) is 13.5. The minimum absolute atomic E-state index is 0.0840. The predicted molar refractivity (Wildman–Crippen MR) is 105 cm³/mol. The smallest absolute Gasteiger partial charge is 0.196 e. The van der Waals surface area contributed by atoms with Crippen LogP contribution in [-0.4, -0.2) is 63.2 Å². The molecule has 0 radical (unpaired) electrons. The van der Waals surface area contributed by atoms with Crippen molar-refractivity contribution in [3.63, 3.8) is 0 Å². The van der Waals surface area contributed by atoms with Gasteiger partial charge in [0.2, 0.25) is 0 Å². The summed E-state index contributed by atoms with van der Waals surface area (Å²) in [7, 11) is 0. The first-order valence-corrected chi connectivity index (χ1v) is 9.54. The number of rotatable bonds is 7. The van der Waals surface area contributed by atoms with Crippen LogP contribution in [0.15, 0.2) is 42.0 Å². The third kappa shape index (κ3) is 3.83. The molecule has 3 N–H and O–H groups in total. The molecule has 29 heavy (non-hydrogen) atoms. The van der Waals surface area contributed by atoms with Crippen molar-refractivity contribution in [2.75, 3.05) is 13.2 Å². The number of aliphatic hydroxyl groups excluding tert-OH is 1. The standard InChI is InChI=1S/C22H28O7/c1-5-13(2)19(25)22(28)17(23)11-29-12-21(22,27)20(26)15(4)14(3)18(24)16-9-7-6-8-10-16/h5-10,14-15,17,23,27-28H,11-12H2,1-4H3/b13-5+/t14?,15?,17-,21+,22-/m0/s1. The SMILES string of the molecule is C/C=C(\C)C(=O)[C@@]1(O)[C@@H](O)COC[C@@]1(O)C(=O)C(C)C(C)C(=O)c1ccccc1. The van der Waals surface area contributed by atoms with Gasteiger partial charge in [-0.15, -0.1) is 0 Å². The van der Waals surface area contributed by atoms with Gasteiger partial charge in [-0.1, -0.05) is 50.3 Å². The second-order valence-corrected chi connectivity index (χ2v) is 7.63. The summed E-state index contributed by atoms with van der Waals surface area (Å²) in [4.78, 5) is 38.8. The molecule has 1 aliphatic heterocycles. The van der Waals surface area contributed by atoms with Crippen molar-refractivity contribution in [3.8, 4) is 0 Å². The van der Waals surface area contributed by atoms with E-state index in [1.807, 2.05) is 0 Å². The monoisotopic (exact) mass is 404 g/mol. The van der Waals surface area contributed by atoms with E-state index in [9.17, 15) is 29.7 Å². The van der Waals surface area contributed by atoms with Crippen LogP contribution in [0, 0.1) is 11.8 Å². The van der Waals surface area contributed by atoms with Crippen molar-refractivity contribution < 1.29 is 34.4 Å². The van der Waals surface area contributed by atoms with Gasteiger partial charge in [-0.2, -0.15) is 0 Å². The first kappa shape index (κ1) is 23.1. The second kappa shape index (κ2) is 8.67. The van der Waals surface area contributed by atoms with Gasteiger partial charge in [0.15, 0.2) is 28.6 Å². The normalized spacial score (nSPS) is 29.8. The van der Waals surface area contributed by atoms with Crippen LogP contribution in [0.4, 0.5) is 0 Å². The number of ether oxygens (including phenoxy) is 1. The molecule has 1 heterocycles. The summed E-state index contributed by atoms with van der Waals surface area (Å²) >= 11 is 0. The molecule has 2 unspecified atom stereocenters. The fourth-order valence-electron chi connectivity index (χ4n) is 3.55. The number of ketones is 3. The number of carbonyl (C=O) groups is 3. The summed E-state index contributed by atoms with van der Waals surface area (Å²) in [5.74, 6) is -4.09. The summed E-state index contributed by atoms with van der Waals surface area (Å²) in [6.07, 6.45) is -0.391. The zero-order chi connectivity index (χ0) is 22.0. The third-order valence-electron chi connectivity index (χ3n) is 5.88. The zero-order valence-electron chi connectivity index (χ0n) is 17.1. The Hall–Kier alpha value is -2.19. The molecule has 0 spiro atoms. The minimum Gasteiger partial charge on any atom is -0.387 e. The summed E-state index contributed by atoms with van der Waals surface area (Å²) in [6.45, 7) is 4.88. The van der Waals surface area contributed by atoms with Gasteiger partial charge in [-0.05, 0) is 19.4 Å². The van der Waals surface area contributed by atoms with Crippen LogP contribution in [0.3, 0.4) is 0 Å². The number of carbonyl (C=O) groups excluding carboxylic acids is 3. The number of benzene rings is 1. The first-order valence-electron chi connectivity index (χ1n) is 9.54. The highest BCUT2D eigenvalue weighted by molar-refractivity contribution is 6.09. The molecule has 0 aromatic heterocycles. The summed E-state index contributed by atoms with van der Waals surface area (Å²) in [5, 5.41) is 32.6. The van der Waals surface area contributed by atoms with Gasteiger partial charge in [0.1, 0.15) is 6.10 Å². The van der Waals surface area contributed by atoms with Crippen LogP contribution < -0.4 is 0 Å². The van der Waals surface area contributed by atoms with Crippen LogP contribution in [-0.2, 0) is 14.3 Å². The van der Waals surface area contributed by atoms with E-state index in [4.69, 9.17) is 4.74 Å². The van der Waals surface area contributed by atoms with Crippen LogP contribution in [0.25, 0.3) is 0 Å². The summed E-state index contributed by atoms with van der Waals surface area (Å²) < 4.78 is 5.12. The Labute approximate surface area is 170 Å². The van der Waals surface area contributed by atoms with Crippen LogP contribution in [0.2, 0.25) is 0 Å². The molecule has 0 saturated carbocycles. The molecular formula is C22H28O7. The van der Waals surface area contributed by atoms with Gasteiger partial charge in [0.25, 0.3) is 0 Å². The van der Waals surface area contributed by atoms with Crippen molar-refractivity contribution in [2.24, 2.45) is 11.8 Å². The lowest BCUT2D eigenvalue weighted by Crippen LogP contribution is -2.75. The molecule has 158 valence electrons. The lowest BCUT2D eigenvalue weighted by atomic mass is 9.66. The van der Waals surface area contributed by atoms with Crippen LogP contribution >= 0.6 is 0 Å². The van der Waals surface area contributed by atoms with Crippen molar-refractivity contribution >= 4 is 17.3 Å². The minimum atomic E-state index is -2.78. The maximum absolute atomic E-state index is 13.2. The van der Waals surface area contributed by atoms with E-state index in [0.29, 0.717) is 5.56 Å². The average Bonchev–Trinajstić information content (AvgIpc) is 2.74. The molecular weight excluding hydrogens is 376 g/mol. The van der Waals surface area contributed by atoms with E-state index in [1.54, 1.807) is 44.2 Å². The number of aliphatic hydroxyl groups is 3. The molecule has 5 atom stereocenters. The van der Waals surface area contributed by atoms with Crippen LogP contribution in [0.1, 0.15) is 38.1 Å². The Bertz CT molecular complexity index is 816. The van der Waals surface area contributed by atoms with Gasteiger partial charge in [-0.3, -0.25) is 14.4 Å². The summed E-state index contributed by atoms with van der Waals surface area (Å²) in [5.41, 5.74) is -4.98. The van der Waals surface area contributed by atoms with E-state index < -0.39 is 53.9 Å². The Morgan fingerprint density at radius 3 is 2.28 bits per heavy atom. The van der Waals surface area contributed by atoms with Gasteiger partial charge < -0.3 is 20.1 Å². The van der Waals surface area contributed by atoms with Gasteiger partial charge >= 0.3 is 0 Å². The van der Waals surface area contributed by atoms with Gasteiger partial charge in [-0.25, -0.2) is 0 Å². The molecule has 1 aromatic rings. The Morgan fingerprint density at radius 1 is 1.14 bits per heavy atom. The largest absolute Gasteiger partial charge is 0.387 e. The number of hydrogen-bond donors (Lipinski definition) is 3. The molecule has 1 saturated heterocycles. The highest BCUT2D eigenvalue weighted by atomic mass is 16.5. The maximum atomic E-state index is 13.2. The molecule has 1 fully saturated rings. The molecule has 0 aliphatic carbocycles. The van der Waals surface area contributed by atoms with Crippen molar-refractivity contribution in [2.45, 2.75) is 45.0 Å². The Kier molecular flexibility index (Phi) is 6.90. The van der Waals surface area contributed by atoms with E-state index in [1.165, 1.54) is 19.9 Å². The number of hydrogen-bond acceptors (Lipinski definition) is 7. The number of Topliss-reactive ketones (excluding diaryl/α,β-unsaturated/α-hetero) is 3. The van der Waals surface area contributed by atoms with Crippen molar-refractivity contribution in [1.29, 1.82) is 0 Å². The van der Waals surface area contributed by atoms with Crippen molar-refractivity contribution in [1.82, 2.24) is 0 Å². The lowest BCUT2D eigenvalue weighted by Gasteiger charge is -2.48. The number of allylic oxidation sites excluding steroid dienone is 1. The van der Waals surface area contributed by atoms with E-state index in [0.717, 1.165) is 0 Å². The average molecular weight is 404 g/mol. The predicted octanol–water partition coefficient (Wildman–Crippen LogP) is 1.10. The Balaban J connectivity index is 2.41. The molecule has 1 aromatic carbocycles.